The molecule has 0 spiro atoms. The Hall–Kier alpha value is -2.47. The quantitative estimate of drug-likeness (QED) is 0.817. The van der Waals surface area contributed by atoms with E-state index < -0.39 is 23.3 Å². The zero-order valence-electron chi connectivity index (χ0n) is 12.8. The summed E-state index contributed by atoms with van der Waals surface area (Å²) in [6.45, 7) is 1.40. The summed E-state index contributed by atoms with van der Waals surface area (Å²) in [5.74, 6) is -2.37. The van der Waals surface area contributed by atoms with Crippen LogP contribution in [0.2, 0.25) is 0 Å². The van der Waals surface area contributed by atoms with Crippen LogP contribution in [0.15, 0.2) is 53.0 Å². The van der Waals surface area contributed by atoms with Crippen LogP contribution in [0.25, 0.3) is 0 Å². The molecule has 24 heavy (non-hydrogen) atoms. The Labute approximate surface area is 147 Å². The number of rotatable bonds is 4. The second kappa shape index (κ2) is 5.87. The molecule has 5 nitrogen and oxygen atoms in total. The van der Waals surface area contributed by atoms with Crippen LogP contribution in [-0.4, -0.2) is 33.3 Å². The maximum atomic E-state index is 12.6. The van der Waals surface area contributed by atoms with E-state index in [1.807, 2.05) is 0 Å². The van der Waals surface area contributed by atoms with Crippen molar-refractivity contribution >= 4 is 33.7 Å². The minimum atomic E-state index is -1.67. The minimum Gasteiger partial charge on any atom is -0.479 e. The van der Waals surface area contributed by atoms with Gasteiger partial charge in [0, 0.05) is 10.9 Å². The highest BCUT2D eigenvalue weighted by Crippen LogP contribution is 2.32. The fourth-order valence-electron chi connectivity index (χ4n) is 2.89. The van der Waals surface area contributed by atoms with Crippen molar-refractivity contribution in [3.05, 3.63) is 69.7 Å². The van der Waals surface area contributed by atoms with Crippen molar-refractivity contribution in [1.29, 1.82) is 0 Å². The van der Waals surface area contributed by atoms with Gasteiger partial charge < -0.3 is 5.11 Å². The van der Waals surface area contributed by atoms with Crippen LogP contribution in [0, 0.1) is 0 Å². The Morgan fingerprint density at radius 1 is 1.04 bits per heavy atom. The third-order valence-corrected chi connectivity index (χ3v) is 4.74. The van der Waals surface area contributed by atoms with Gasteiger partial charge >= 0.3 is 5.97 Å². The molecular formula is C18H14BrNO4. The molecule has 2 amide bonds. The number of hydrogen-bond donors (Lipinski definition) is 1. The van der Waals surface area contributed by atoms with E-state index in [9.17, 15) is 19.5 Å². The number of carbonyl (C=O) groups is 3. The summed E-state index contributed by atoms with van der Waals surface area (Å²) >= 11 is 3.32. The maximum Gasteiger partial charge on any atom is 0.330 e. The van der Waals surface area contributed by atoms with Crippen LogP contribution in [-0.2, 0) is 11.2 Å². The molecule has 1 heterocycles. The van der Waals surface area contributed by atoms with Crippen LogP contribution in [0.4, 0.5) is 0 Å². The zero-order chi connectivity index (χ0) is 17.5. The van der Waals surface area contributed by atoms with Gasteiger partial charge in [0.1, 0.15) is 5.54 Å². The number of carboxylic acid groups (broad SMARTS) is 1. The summed E-state index contributed by atoms with van der Waals surface area (Å²) in [6, 6.07) is 13.5. The van der Waals surface area contributed by atoms with Crippen LogP contribution in [0.3, 0.4) is 0 Å². The molecule has 0 bridgehead atoms. The number of nitrogens with zero attached hydrogens (tertiary/aromatic N) is 1. The Morgan fingerprint density at radius 2 is 1.54 bits per heavy atom. The summed E-state index contributed by atoms with van der Waals surface area (Å²) in [4.78, 5) is 38.1. The summed E-state index contributed by atoms with van der Waals surface area (Å²) in [6.07, 6.45) is 0.0289. The highest BCUT2D eigenvalue weighted by molar-refractivity contribution is 9.10. The van der Waals surface area contributed by atoms with Gasteiger partial charge in [-0.1, -0.05) is 40.2 Å². The topological polar surface area (TPSA) is 74.7 Å². The Morgan fingerprint density at radius 3 is 2.00 bits per heavy atom. The fourth-order valence-corrected chi connectivity index (χ4v) is 3.15. The molecule has 1 atom stereocenters. The lowest BCUT2D eigenvalue weighted by atomic mass is 9.91. The average Bonchev–Trinajstić information content (AvgIpc) is 2.82. The standard InChI is InChI=1S/C18H14BrNO4/c1-18(17(23)24,10-11-6-8-12(19)9-7-11)20-15(21)13-4-2-3-5-14(13)16(20)22/h2-9H,10H2,1H3,(H,23,24). The predicted octanol–water partition coefficient (Wildman–Crippen LogP) is 3.13. The van der Waals surface area contributed by atoms with Crippen LogP contribution >= 0.6 is 15.9 Å². The number of benzene rings is 2. The predicted molar refractivity (Wildman–Crippen MR) is 90.8 cm³/mol. The Bertz CT molecular complexity index is 811. The van der Waals surface area contributed by atoms with Gasteiger partial charge in [0.2, 0.25) is 0 Å². The zero-order valence-corrected chi connectivity index (χ0v) is 14.4. The molecule has 2 aromatic rings. The number of carbonyl (C=O) groups excluding carboxylic acids is 2. The van der Waals surface area contributed by atoms with Crippen molar-refractivity contribution in [2.24, 2.45) is 0 Å². The molecule has 2 aromatic carbocycles. The van der Waals surface area contributed by atoms with Gasteiger partial charge in [0.05, 0.1) is 11.1 Å². The third kappa shape index (κ3) is 2.53. The van der Waals surface area contributed by atoms with E-state index in [1.54, 1.807) is 36.4 Å². The molecule has 0 saturated heterocycles. The minimum absolute atomic E-state index is 0.0289. The summed E-state index contributed by atoms with van der Waals surface area (Å²) < 4.78 is 0.865. The molecular weight excluding hydrogens is 374 g/mol. The number of fused-ring (bicyclic) bond motifs is 1. The van der Waals surface area contributed by atoms with Crippen LogP contribution in [0.1, 0.15) is 33.2 Å². The normalized spacial score (nSPS) is 16.0. The van der Waals surface area contributed by atoms with Gasteiger partial charge in [0.25, 0.3) is 11.8 Å². The van der Waals surface area contributed by atoms with Gasteiger partial charge in [-0.3, -0.25) is 14.5 Å². The second-order valence-corrected chi connectivity index (χ2v) is 6.79. The van der Waals surface area contributed by atoms with E-state index in [-0.39, 0.29) is 17.5 Å². The number of halogens is 1. The summed E-state index contributed by atoms with van der Waals surface area (Å²) in [5.41, 5.74) is -0.461. The highest BCUT2D eigenvalue weighted by Gasteiger charge is 2.50. The molecule has 0 saturated carbocycles. The van der Waals surface area contributed by atoms with Crippen molar-refractivity contribution < 1.29 is 19.5 Å². The lowest BCUT2D eigenvalue weighted by Crippen LogP contribution is -2.56. The first-order valence-electron chi connectivity index (χ1n) is 7.30. The first-order chi connectivity index (χ1) is 11.3. The third-order valence-electron chi connectivity index (χ3n) is 4.21. The van der Waals surface area contributed by atoms with E-state index in [1.165, 1.54) is 19.1 Å². The monoisotopic (exact) mass is 387 g/mol. The van der Waals surface area contributed by atoms with Gasteiger partial charge in [-0.15, -0.1) is 0 Å². The van der Waals surface area contributed by atoms with E-state index in [4.69, 9.17) is 0 Å². The number of imide groups is 1. The van der Waals surface area contributed by atoms with Gasteiger partial charge in [-0.2, -0.15) is 0 Å². The number of carboxylic acids is 1. The number of aliphatic carboxylic acids is 1. The molecule has 0 aromatic heterocycles. The van der Waals surface area contributed by atoms with Crippen molar-refractivity contribution in [2.45, 2.75) is 18.9 Å². The molecule has 1 aliphatic rings. The summed E-state index contributed by atoms with van der Waals surface area (Å²) in [5, 5.41) is 9.77. The highest BCUT2D eigenvalue weighted by atomic mass is 79.9. The van der Waals surface area contributed by atoms with Gasteiger partial charge in [0.15, 0.2) is 0 Å². The molecule has 1 N–H and O–H groups in total. The van der Waals surface area contributed by atoms with Crippen molar-refractivity contribution in [1.82, 2.24) is 4.90 Å². The van der Waals surface area contributed by atoms with Crippen LogP contribution < -0.4 is 0 Å². The lowest BCUT2D eigenvalue weighted by Gasteiger charge is -2.33. The second-order valence-electron chi connectivity index (χ2n) is 5.87. The van der Waals surface area contributed by atoms with Crippen molar-refractivity contribution in [2.75, 3.05) is 0 Å². The fraction of sp³-hybridized carbons (Fsp3) is 0.167. The Balaban J connectivity index is 2.03. The number of hydrogen-bond acceptors (Lipinski definition) is 3. The van der Waals surface area contributed by atoms with Crippen molar-refractivity contribution in [3.8, 4) is 0 Å². The average molecular weight is 388 g/mol. The summed E-state index contributed by atoms with van der Waals surface area (Å²) in [7, 11) is 0. The molecule has 0 radical (unpaired) electrons. The molecule has 0 fully saturated rings. The first kappa shape index (κ1) is 16.4. The number of amides is 2. The molecule has 6 heteroatoms. The molecule has 122 valence electrons. The molecule has 1 aliphatic heterocycles. The molecule has 3 rings (SSSR count). The molecule has 0 aliphatic carbocycles. The van der Waals surface area contributed by atoms with E-state index in [2.05, 4.69) is 15.9 Å². The largest absolute Gasteiger partial charge is 0.479 e. The van der Waals surface area contributed by atoms with E-state index in [0.29, 0.717) is 0 Å². The molecule has 1 unspecified atom stereocenters. The van der Waals surface area contributed by atoms with E-state index in [0.717, 1.165) is 14.9 Å². The van der Waals surface area contributed by atoms with Crippen molar-refractivity contribution in [3.63, 3.8) is 0 Å². The lowest BCUT2D eigenvalue weighted by molar-refractivity contribution is -0.147. The van der Waals surface area contributed by atoms with Gasteiger partial charge in [-0.05, 0) is 36.8 Å². The van der Waals surface area contributed by atoms with Gasteiger partial charge in [-0.25, -0.2) is 4.79 Å². The smallest absolute Gasteiger partial charge is 0.330 e. The maximum absolute atomic E-state index is 12.6. The first-order valence-corrected chi connectivity index (χ1v) is 8.09. The Kier molecular flexibility index (Phi) is 4.01. The SMILES string of the molecule is CC(Cc1ccc(Br)cc1)(C(=O)O)N1C(=O)c2ccccc2C1=O. The van der Waals surface area contributed by atoms with Crippen LogP contribution in [0.5, 0.6) is 0 Å². The van der Waals surface area contributed by atoms with E-state index >= 15 is 0 Å².